The second-order valence-corrected chi connectivity index (χ2v) is 28.0. The van der Waals surface area contributed by atoms with Crippen molar-refractivity contribution in [3.8, 4) is 0 Å². The molecule has 12 N–H and O–H groups in total. The van der Waals surface area contributed by atoms with Gasteiger partial charge in [0.1, 0.15) is 55.1 Å². The Kier molecular flexibility index (Phi) is 49.1. The SMILES string of the molecule is CCCCCCCC/C=C\CCCCCCCC(=O)O[C@H](COC(=O)CCCCCCCCCCCCCCC)COP(=O)(O)OCCNC(=O)CCC(=O)N[C@@H](C)C(=O)OC(=O)[C@H](C)NC(=O)CC[C@@H](NC(=O)[C@@H]1C(O)CCN1CC(C)O[C@H]1[C@H](O)[C@@H](CO)O[C@H](O)[C@@H]1NC(C)=O)C(N)=O. The van der Waals surface area contributed by atoms with Crippen molar-refractivity contribution < 1.29 is 111 Å². The molecular weight excluding hydrogens is 1340 g/mol. The van der Waals surface area contributed by atoms with Crippen molar-refractivity contribution in [1.29, 1.82) is 0 Å². The molecule has 101 heavy (non-hydrogen) atoms. The van der Waals surface area contributed by atoms with Gasteiger partial charge < -0.3 is 81.3 Å². The molecule has 2 aliphatic rings. The first-order valence-electron chi connectivity index (χ1n) is 37.0. The highest BCUT2D eigenvalue weighted by Crippen LogP contribution is 2.43. The van der Waals surface area contributed by atoms with Crippen LogP contribution in [0.15, 0.2) is 12.2 Å². The minimum absolute atomic E-state index is 0.0412. The third kappa shape index (κ3) is 42.1. The van der Waals surface area contributed by atoms with E-state index in [1.807, 2.05) is 0 Å². The molecule has 31 heteroatoms. The highest BCUT2D eigenvalue weighted by Gasteiger charge is 2.47. The van der Waals surface area contributed by atoms with E-state index in [4.69, 9.17) is 38.5 Å². The van der Waals surface area contributed by atoms with Gasteiger partial charge in [-0.2, -0.15) is 0 Å². The maximum absolute atomic E-state index is 13.6. The lowest BCUT2D eigenvalue weighted by Gasteiger charge is -2.43. The van der Waals surface area contributed by atoms with Crippen LogP contribution in [0.2, 0.25) is 0 Å². The molecule has 582 valence electrons. The number of allylic oxidation sites excluding steroid dienone is 2. The number of aliphatic hydroxyl groups is 4. The Hall–Kier alpha value is -5.53. The first kappa shape index (κ1) is 91.6. The fourth-order valence-electron chi connectivity index (χ4n) is 11.6. The van der Waals surface area contributed by atoms with Gasteiger partial charge in [-0.1, -0.05) is 154 Å². The molecule has 0 aromatic carbocycles. The number of amides is 6. The second-order valence-electron chi connectivity index (χ2n) is 26.6. The average molecular weight is 1460 g/mol. The van der Waals surface area contributed by atoms with Crippen LogP contribution in [-0.4, -0.2) is 209 Å². The van der Waals surface area contributed by atoms with Gasteiger partial charge >= 0.3 is 31.7 Å². The summed E-state index contributed by atoms with van der Waals surface area (Å²) in [5.41, 5.74) is 5.56. The molecule has 0 aromatic heterocycles. The number of hydrogen-bond donors (Lipinski definition) is 11. The van der Waals surface area contributed by atoms with Crippen LogP contribution in [0.25, 0.3) is 0 Å². The number of rotatable bonds is 58. The van der Waals surface area contributed by atoms with Gasteiger partial charge in [0.2, 0.25) is 35.4 Å². The monoisotopic (exact) mass is 1460 g/mol. The summed E-state index contributed by atoms with van der Waals surface area (Å²) in [7, 11) is -4.81. The van der Waals surface area contributed by atoms with Gasteiger partial charge in [0, 0.05) is 58.7 Å². The van der Waals surface area contributed by atoms with Gasteiger partial charge in [-0.25, -0.2) is 14.2 Å². The Morgan fingerprint density at radius 3 is 1.67 bits per heavy atom. The first-order valence-corrected chi connectivity index (χ1v) is 38.5. The maximum Gasteiger partial charge on any atom is 0.472 e. The van der Waals surface area contributed by atoms with E-state index < -0.39 is 186 Å². The number of likely N-dealkylation sites (tertiary alicyclic amines) is 1. The summed E-state index contributed by atoms with van der Waals surface area (Å²) in [4.78, 5) is 139. The summed E-state index contributed by atoms with van der Waals surface area (Å²) in [6, 6.07) is -6.77. The van der Waals surface area contributed by atoms with Crippen LogP contribution >= 0.6 is 7.82 Å². The topological polar surface area (TPSA) is 443 Å². The predicted molar refractivity (Wildman–Crippen MR) is 373 cm³/mol. The van der Waals surface area contributed by atoms with E-state index in [2.05, 4.69) is 52.6 Å². The Bertz CT molecular complexity index is 2520. The number of ether oxygens (including phenoxy) is 5. The van der Waals surface area contributed by atoms with Crippen molar-refractivity contribution in [2.24, 2.45) is 5.73 Å². The average Bonchev–Trinajstić information content (AvgIpc) is 1.76. The molecule has 3 unspecified atom stereocenters. The van der Waals surface area contributed by atoms with Crippen LogP contribution in [0.3, 0.4) is 0 Å². The van der Waals surface area contributed by atoms with E-state index in [0.717, 1.165) is 64.2 Å². The molecular formula is C70H124N7O23P. The number of esters is 4. The number of phosphoric acid groups is 1. The van der Waals surface area contributed by atoms with E-state index in [1.54, 1.807) is 6.92 Å². The van der Waals surface area contributed by atoms with Crippen LogP contribution in [0.1, 0.15) is 253 Å². The number of unbranched alkanes of at least 4 members (excludes halogenated alkanes) is 23. The fourth-order valence-corrected chi connectivity index (χ4v) is 12.4. The van der Waals surface area contributed by atoms with Crippen LogP contribution in [0, 0.1) is 0 Å². The molecule has 30 nitrogen and oxygen atoms in total. The van der Waals surface area contributed by atoms with E-state index >= 15 is 0 Å². The van der Waals surface area contributed by atoms with Gasteiger partial charge in [0.15, 0.2) is 12.4 Å². The van der Waals surface area contributed by atoms with Crippen molar-refractivity contribution in [3.05, 3.63) is 12.2 Å². The number of nitrogens with one attached hydrogen (secondary N) is 5. The lowest BCUT2D eigenvalue weighted by molar-refractivity contribution is -0.268. The second kappa shape index (κ2) is 54.1. The molecule has 0 saturated carbocycles. The minimum Gasteiger partial charge on any atom is -0.462 e. The number of aliphatic hydroxyl groups excluding tert-OH is 4. The fraction of sp³-hybridized carbons (Fsp3) is 0.829. The van der Waals surface area contributed by atoms with Crippen LogP contribution in [0.5, 0.6) is 0 Å². The van der Waals surface area contributed by atoms with Crippen molar-refractivity contribution in [2.75, 3.05) is 46.1 Å². The van der Waals surface area contributed by atoms with Gasteiger partial charge in [-0.3, -0.25) is 52.3 Å². The summed E-state index contributed by atoms with van der Waals surface area (Å²) in [5, 5.41) is 53.7. The third-order valence-electron chi connectivity index (χ3n) is 17.4. The van der Waals surface area contributed by atoms with Gasteiger partial charge in [-0.15, -0.1) is 0 Å². The molecule has 2 saturated heterocycles. The summed E-state index contributed by atoms with van der Waals surface area (Å²) in [6.45, 7) is 7.15. The van der Waals surface area contributed by atoms with Gasteiger partial charge in [0.25, 0.3) is 0 Å². The number of phosphoric ester groups is 1. The number of hydrogen-bond acceptors (Lipinski definition) is 23. The Labute approximate surface area is 597 Å². The Morgan fingerprint density at radius 2 is 1.15 bits per heavy atom. The number of nitrogens with zero attached hydrogens (tertiary/aromatic N) is 1. The summed E-state index contributed by atoms with van der Waals surface area (Å²) in [6.07, 6.45) is 23.4. The number of primary amides is 1. The largest absolute Gasteiger partial charge is 0.472 e. The zero-order valence-corrected chi connectivity index (χ0v) is 61.8. The van der Waals surface area contributed by atoms with Crippen molar-refractivity contribution >= 4 is 67.1 Å². The third-order valence-corrected chi connectivity index (χ3v) is 18.4. The predicted octanol–water partition coefficient (Wildman–Crippen LogP) is 5.60. The molecule has 13 atom stereocenters. The lowest BCUT2D eigenvalue weighted by atomic mass is 9.96. The quantitative estimate of drug-likeness (QED) is 0.00881. The van der Waals surface area contributed by atoms with Crippen molar-refractivity contribution in [2.45, 2.75) is 327 Å². The van der Waals surface area contributed by atoms with E-state index in [9.17, 15) is 77.8 Å². The van der Waals surface area contributed by atoms with E-state index in [0.29, 0.717) is 12.8 Å². The highest BCUT2D eigenvalue weighted by molar-refractivity contribution is 7.47. The van der Waals surface area contributed by atoms with Crippen LogP contribution < -0.4 is 32.3 Å². The van der Waals surface area contributed by atoms with Crippen LogP contribution in [0.4, 0.5) is 0 Å². The van der Waals surface area contributed by atoms with Gasteiger partial charge in [0.05, 0.1) is 32.0 Å². The van der Waals surface area contributed by atoms with Crippen molar-refractivity contribution in [3.63, 3.8) is 0 Å². The zero-order valence-electron chi connectivity index (χ0n) is 60.9. The molecule has 0 bridgehead atoms. The molecule has 0 spiro atoms. The molecule has 0 aliphatic carbocycles. The Morgan fingerprint density at radius 1 is 0.644 bits per heavy atom. The molecule has 2 aliphatic heterocycles. The van der Waals surface area contributed by atoms with E-state index in [1.165, 1.54) is 116 Å². The minimum atomic E-state index is -4.81. The molecule has 0 radical (unpaired) electrons. The van der Waals surface area contributed by atoms with E-state index in [-0.39, 0.29) is 45.3 Å². The van der Waals surface area contributed by atoms with Crippen LogP contribution in [-0.2, 0) is 85.2 Å². The van der Waals surface area contributed by atoms with Gasteiger partial charge in [-0.05, 0) is 72.1 Å². The Balaban J connectivity index is 1.78. The number of carbonyl (C=O) groups is 10. The smallest absolute Gasteiger partial charge is 0.462 e. The molecule has 6 amide bonds. The normalized spacial score (nSPS) is 20.5. The number of carbonyl (C=O) groups excluding carboxylic acids is 10. The summed E-state index contributed by atoms with van der Waals surface area (Å²) >= 11 is 0. The zero-order chi connectivity index (χ0) is 75.0. The molecule has 2 heterocycles. The standard InChI is InChI=1S/C70H124N7O23P/c1-7-9-11-13-15-17-19-21-22-24-26-28-30-32-34-36-61(85)98-53(47-94-60(84)35-33-31-29-27-25-23-20-18-16-14-12-10-8-2)48-96-101(92,93)95-44-42-72-57(81)39-40-59(83)74-51(5)69(90)100-68(89)50(4)73-58(82)38-37-54(66(71)87)76-67(88)63-55(80)41-43-77(63)45-49(3)97-65-62(75-52(6)79)70(91)99-56(46-78)64(65)86/h21-22,49-51,53-56,62-65,70,78,80,86,91H,7-20,23-48H2,1-6H3,(H2,71,87)(H,72,81)(H,73,82)(H,74,83)(H,75,79)(H,76,88)(H,92,93)/b22-21-/t49?,50-,51-,53+,54+,55?,56+,62+,63-,64+,65+,70-/m0/s1. The lowest BCUT2D eigenvalue weighted by Crippen LogP contribution is -2.65. The first-order chi connectivity index (χ1) is 48.2. The maximum atomic E-state index is 13.6. The van der Waals surface area contributed by atoms with Crippen molar-refractivity contribution in [1.82, 2.24) is 31.5 Å². The summed E-state index contributed by atoms with van der Waals surface area (Å²) < 4.78 is 50.1. The summed E-state index contributed by atoms with van der Waals surface area (Å²) in [5.74, 6) is -8.26. The number of nitrogens with two attached hydrogens (primary N) is 1. The molecule has 2 fully saturated rings. The molecule has 2 rings (SSSR count). The molecule has 0 aromatic rings. The highest BCUT2D eigenvalue weighted by atomic mass is 31.2.